The topological polar surface area (TPSA) is 111 Å². The molecule has 2 aromatic heterocycles. The van der Waals surface area contributed by atoms with E-state index in [2.05, 4.69) is 20.5 Å². The summed E-state index contributed by atoms with van der Waals surface area (Å²) in [4.78, 5) is 29.4. The van der Waals surface area contributed by atoms with Gasteiger partial charge in [0.2, 0.25) is 11.7 Å². The van der Waals surface area contributed by atoms with Crippen LogP contribution in [0.25, 0.3) is 5.78 Å². The van der Waals surface area contributed by atoms with Crippen molar-refractivity contribution in [3.05, 3.63) is 51.7 Å². The first-order valence-electron chi connectivity index (χ1n) is 8.88. The maximum absolute atomic E-state index is 12.7. The Morgan fingerprint density at radius 1 is 1.25 bits per heavy atom. The van der Waals surface area contributed by atoms with Crippen LogP contribution in [0, 0.1) is 13.8 Å². The highest BCUT2D eigenvalue weighted by Crippen LogP contribution is 2.17. The van der Waals surface area contributed by atoms with Gasteiger partial charge in [0.1, 0.15) is 23.9 Å². The normalized spacial score (nSPS) is 12.0. The van der Waals surface area contributed by atoms with E-state index in [0.717, 1.165) is 5.75 Å². The average molecular weight is 385 g/mol. The fraction of sp³-hybridized carbons (Fsp3) is 0.368. The third-order valence-corrected chi connectivity index (χ3v) is 4.33. The molecule has 2 N–H and O–H groups in total. The number of hydrogen-bond donors (Lipinski definition) is 2. The van der Waals surface area contributed by atoms with E-state index in [4.69, 9.17) is 9.47 Å². The number of hydrogen-bond acceptors (Lipinski definition) is 6. The van der Waals surface area contributed by atoms with Gasteiger partial charge in [-0.3, -0.25) is 9.59 Å². The lowest BCUT2D eigenvalue weighted by atomic mass is 10.1. The summed E-state index contributed by atoms with van der Waals surface area (Å²) >= 11 is 0. The summed E-state index contributed by atoms with van der Waals surface area (Å²) in [5, 5.41) is 9.52. The zero-order chi connectivity index (χ0) is 20.3. The molecule has 28 heavy (non-hydrogen) atoms. The minimum atomic E-state index is -0.286. The Bertz CT molecular complexity index is 1040. The number of amides is 1. The first-order chi connectivity index (χ1) is 13.4. The molecule has 0 saturated heterocycles. The number of aryl methyl sites for hydroxylation is 2. The Balaban J connectivity index is 1.61. The summed E-state index contributed by atoms with van der Waals surface area (Å²) in [5.74, 6) is 2.02. The minimum Gasteiger partial charge on any atom is -0.497 e. The highest BCUT2D eigenvalue weighted by molar-refractivity contribution is 5.79. The zero-order valence-corrected chi connectivity index (χ0v) is 16.3. The van der Waals surface area contributed by atoms with Crippen LogP contribution in [0.3, 0.4) is 0 Å². The molecule has 1 amide bonds. The predicted molar refractivity (Wildman–Crippen MR) is 103 cm³/mol. The van der Waals surface area contributed by atoms with E-state index in [9.17, 15) is 9.59 Å². The number of benzene rings is 1. The Morgan fingerprint density at radius 3 is 2.61 bits per heavy atom. The molecule has 0 aliphatic heterocycles. The van der Waals surface area contributed by atoms with Crippen LogP contribution in [0.5, 0.6) is 11.5 Å². The van der Waals surface area contributed by atoms with Crippen molar-refractivity contribution in [2.45, 2.75) is 33.2 Å². The van der Waals surface area contributed by atoms with Gasteiger partial charge in [-0.15, -0.1) is 0 Å². The lowest BCUT2D eigenvalue weighted by Crippen LogP contribution is -2.39. The van der Waals surface area contributed by atoms with Crippen LogP contribution < -0.4 is 20.3 Å². The van der Waals surface area contributed by atoms with Crippen molar-refractivity contribution in [2.75, 3.05) is 13.7 Å². The Kier molecular flexibility index (Phi) is 5.62. The fourth-order valence-corrected chi connectivity index (χ4v) is 2.84. The van der Waals surface area contributed by atoms with Gasteiger partial charge >= 0.3 is 0 Å². The molecule has 0 spiro atoms. The molecule has 0 bridgehead atoms. The molecule has 0 fully saturated rings. The van der Waals surface area contributed by atoms with Crippen molar-refractivity contribution < 1.29 is 14.3 Å². The highest BCUT2D eigenvalue weighted by atomic mass is 16.5. The summed E-state index contributed by atoms with van der Waals surface area (Å²) in [5.41, 5.74) is 0.569. The van der Waals surface area contributed by atoms with Crippen molar-refractivity contribution in [1.82, 2.24) is 24.9 Å². The number of rotatable bonds is 7. The van der Waals surface area contributed by atoms with Crippen molar-refractivity contribution >= 4 is 11.7 Å². The number of fused-ring (bicyclic) bond motifs is 1. The number of aromatic amines is 1. The molecule has 0 aliphatic carbocycles. The fourth-order valence-electron chi connectivity index (χ4n) is 2.84. The van der Waals surface area contributed by atoms with E-state index in [0.29, 0.717) is 35.2 Å². The van der Waals surface area contributed by atoms with Crippen molar-refractivity contribution in [3.8, 4) is 11.5 Å². The van der Waals surface area contributed by atoms with E-state index in [1.54, 1.807) is 45.2 Å². The predicted octanol–water partition coefficient (Wildman–Crippen LogP) is 1.17. The minimum absolute atomic E-state index is 0.0574. The molecule has 3 aromatic rings. The molecule has 2 heterocycles. The number of H-pyrrole nitrogens is 1. The monoisotopic (exact) mass is 385 g/mol. The van der Waals surface area contributed by atoms with Crippen molar-refractivity contribution in [1.29, 1.82) is 0 Å². The Morgan fingerprint density at radius 2 is 1.93 bits per heavy atom. The number of nitrogens with one attached hydrogen (secondary N) is 2. The van der Waals surface area contributed by atoms with Crippen molar-refractivity contribution in [2.24, 2.45) is 0 Å². The van der Waals surface area contributed by atoms with Gasteiger partial charge in [0.15, 0.2) is 0 Å². The molecular formula is C19H23N5O4. The Hall–Kier alpha value is -3.36. The molecule has 148 valence electrons. The van der Waals surface area contributed by atoms with Gasteiger partial charge in [0, 0.05) is 5.56 Å². The van der Waals surface area contributed by atoms with Crippen LogP contribution in [-0.2, 0) is 11.2 Å². The lowest BCUT2D eigenvalue weighted by Gasteiger charge is -2.15. The average Bonchev–Trinajstić information content (AvgIpc) is 3.04. The van der Waals surface area contributed by atoms with Crippen LogP contribution in [0.15, 0.2) is 29.1 Å². The maximum atomic E-state index is 12.7. The smallest absolute Gasteiger partial charge is 0.264 e. The molecular weight excluding hydrogens is 362 g/mol. The van der Waals surface area contributed by atoms with E-state index in [-0.39, 0.29) is 23.9 Å². The second kappa shape index (κ2) is 8.12. The number of nitrogens with zero attached hydrogens (tertiary/aromatic N) is 3. The second-order valence-electron chi connectivity index (χ2n) is 6.54. The Labute approximate surface area is 161 Å². The molecule has 0 aliphatic rings. The third kappa shape index (κ3) is 4.13. The van der Waals surface area contributed by atoms with Crippen LogP contribution in [0.2, 0.25) is 0 Å². The van der Waals surface area contributed by atoms with E-state index >= 15 is 0 Å². The summed E-state index contributed by atoms with van der Waals surface area (Å²) in [6, 6.07) is 6.97. The molecule has 9 nitrogen and oxygen atoms in total. The summed E-state index contributed by atoms with van der Waals surface area (Å²) in [7, 11) is 1.60. The van der Waals surface area contributed by atoms with Gasteiger partial charge in [-0.25, -0.2) is 14.5 Å². The van der Waals surface area contributed by atoms with Gasteiger partial charge in [0.25, 0.3) is 5.56 Å². The summed E-state index contributed by atoms with van der Waals surface area (Å²) in [6.07, 6.45) is -0.0574. The molecule has 0 unspecified atom stereocenters. The van der Waals surface area contributed by atoms with E-state index in [1.807, 2.05) is 6.92 Å². The van der Waals surface area contributed by atoms with Crippen LogP contribution in [0.1, 0.15) is 24.0 Å². The molecule has 0 saturated carbocycles. The van der Waals surface area contributed by atoms with Gasteiger partial charge < -0.3 is 14.8 Å². The number of methoxy groups -OCH3 is 1. The lowest BCUT2D eigenvalue weighted by molar-refractivity contribution is -0.121. The molecule has 1 atom stereocenters. The number of carbonyl (C=O) groups excluding carboxylic acids is 1. The first kappa shape index (κ1) is 19.4. The quantitative estimate of drug-likeness (QED) is 0.632. The molecule has 0 radical (unpaired) electrons. The van der Waals surface area contributed by atoms with Gasteiger partial charge in [-0.2, -0.15) is 5.10 Å². The largest absolute Gasteiger partial charge is 0.497 e. The van der Waals surface area contributed by atoms with Crippen molar-refractivity contribution in [3.63, 3.8) is 0 Å². The standard InChI is InChI=1S/C19H23N5O4/c1-11(10-28-15-7-5-14(27-4)6-8-15)20-17(25)9-16-12(2)21-19-23-22-13(3)24(19)18(16)26/h5-8,11H,9-10H2,1-4H3,(H,20,25)(H,21,23)/t11-/m1/s1. The number of aromatic nitrogens is 4. The van der Waals surface area contributed by atoms with Gasteiger partial charge in [-0.1, -0.05) is 0 Å². The summed E-state index contributed by atoms with van der Waals surface area (Å²) in [6.45, 7) is 5.54. The first-order valence-corrected chi connectivity index (χ1v) is 8.88. The van der Waals surface area contributed by atoms with Gasteiger partial charge in [0.05, 0.1) is 25.3 Å². The highest BCUT2D eigenvalue weighted by Gasteiger charge is 2.17. The van der Waals surface area contributed by atoms with Crippen LogP contribution in [-0.4, -0.2) is 45.2 Å². The van der Waals surface area contributed by atoms with Crippen LogP contribution >= 0.6 is 0 Å². The molecule has 3 rings (SSSR count). The third-order valence-electron chi connectivity index (χ3n) is 4.33. The number of carbonyl (C=O) groups is 1. The number of ether oxygens (including phenoxy) is 2. The van der Waals surface area contributed by atoms with Crippen LogP contribution in [0.4, 0.5) is 0 Å². The van der Waals surface area contributed by atoms with Gasteiger partial charge in [-0.05, 0) is 45.0 Å². The summed E-state index contributed by atoms with van der Waals surface area (Å²) < 4.78 is 12.1. The zero-order valence-electron chi connectivity index (χ0n) is 16.3. The maximum Gasteiger partial charge on any atom is 0.264 e. The van der Waals surface area contributed by atoms with E-state index in [1.165, 1.54) is 4.40 Å². The second-order valence-corrected chi connectivity index (χ2v) is 6.54. The molecule has 1 aromatic carbocycles. The van der Waals surface area contributed by atoms with E-state index < -0.39 is 0 Å². The SMILES string of the molecule is COc1ccc(OC[C@@H](C)NC(=O)Cc2c(C)nc3[nH]nc(C)n3c2=O)cc1. The molecule has 9 heteroatoms.